The van der Waals surface area contributed by atoms with Crippen molar-refractivity contribution in [1.29, 1.82) is 0 Å². The minimum atomic E-state index is -0.417. The van der Waals surface area contributed by atoms with Gasteiger partial charge in [-0.25, -0.2) is 0 Å². The molecule has 0 radical (unpaired) electrons. The normalized spacial score (nSPS) is 52.8. The van der Waals surface area contributed by atoms with E-state index in [1.165, 1.54) is 0 Å². The van der Waals surface area contributed by atoms with Crippen LogP contribution in [-0.4, -0.2) is 36.0 Å². The lowest BCUT2D eigenvalue weighted by Gasteiger charge is -2.71. The molecule has 0 aliphatic heterocycles. The summed E-state index contributed by atoms with van der Waals surface area (Å²) in [5.41, 5.74) is 1.37. The van der Waals surface area contributed by atoms with E-state index in [4.69, 9.17) is 4.74 Å². The van der Waals surface area contributed by atoms with Crippen molar-refractivity contribution in [3.8, 4) is 0 Å². The molecule has 5 aliphatic carbocycles. The van der Waals surface area contributed by atoms with Crippen LogP contribution in [0, 0.1) is 50.2 Å². The first-order valence-corrected chi connectivity index (χ1v) is 14.3. The molecule has 0 bridgehead atoms. The van der Waals surface area contributed by atoms with E-state index in [0.717, 1.165) is 64.2 Å². The number of methoxy groups -OCH3 is 1. The summed E-state index contributed by atoms with van der Waals surface area (Å²) in [4.78, 5) is 13.4. The molecular formula is C31H50O4. The van der Waals surface area contributed by atoms with Gasteiger partial charge in [-0.05, 0) is 104 Å². The van der Waals surface area contributed by atoms with E-state index in [1.54, 1.807) is 12.7 Å². The standard InChI is InChI=1S/C31H50O4/c1-26(2)14-16-31(25(34)35-7)17-15-29(5)20(21(31)18-26)8-9-23-27(3)12-11-24(33)28(4,19-32)22(27)10-13-30(23,29)6/h8,21-24,32-33H,9-19H2,1-7H3/t21-,22?,23-,24+,27+,28+,29-,30-,31+/m1/s1. The molecule has 0 heterocycles. The predicted octanol–water partition coefficient (Wildman–Crippen LogP) is 6.29. The fraction of sp³-hybridized carbons (Fsp3) is 0.903. The highest BCUT2D eigenvalue weighted by atomic mass is 16.5. The maximum Gasteiger partial charge on any atom is 0.312 e. The third-order valence-corrected chi connectivity index (χ3v) is 13.3. The number of rotatable bonds is 2. The van der Waals surface area contributed by atoms with Crippen molar-refractivity contribution in [2.24, 2.45) is 50.2 Å². The Balaban J connectivity index is 1.59. The summed E-state index contributed by atoms with van der Waals surface area (Å²) in [6.45, 7) is 14.5. The van der Waals surface area contributed by atoms with Crippen molar-refractivity contribution < 1.29 is 19.7 Å². The number of esters is 1. The summed E-state index contributed by atoms with van der Waals surface area (Å²) in [5, 5.41) is 21.4. The predicted molar refractivity (Wildman–Crippen MR) is 138 cm³/mol. The van der Waals surface area contributed by atoms with Gasteiger partial charge in [-0.1, -0.05) is 53.2 Å². The van der Waals surface area contributed by atoms with Gasteiger partial charge in [0.2, 0.25) is 0 Å². The van der Waals surface area contributed by atoms with E-state index >= 15 is 0 Å². The molecule has 5 aliphatic rings. The van der Waals surface area contributed by atoms with E-state index in [9.17, 15) is 15.0 Å². The van der Waals surface area contributed by atoms with Gasteiger partial charge in [0.05, 0.1) is 25.2 Å². The zero-order chi connectivity index (χ0) is 25.7. The molecule has 1 unspecified atom stereocenters. The zero-order valence-corrected chi connectivity index (χ0v) is 23.4. The van der Waals surface area contributed by atoms with Crippen LogP contribution in [0.2, 0.25) is 0 Å². The van der Waals surface area contributed by atoms with E-state index in [0.29, 0.717) is 11.8 Å². The molecule has 4 fully saturated rings. The van der Waals surface area contributed by atoms with Crippen molar-refractivity contribution >= 4 is 5.97 Å². The van der Waals surface area contributed by atoms with Crippen molar-refractivity contribution in [3.05, 3.63) is 11.6 Å². The number of carbonyl (C=O) groups excluding carboxylic acids is 1. The van der Waals surface area contributed by atoms with E-state index < -0.39 is 11.5 Å². The summed E-state index contributed by atoms with van der Waals surface area (Å²) >= 11 is 0. The number of hydrogen-bond acceptors (Lipinski definition) is 4. The maximum absolute atomic E-state index is 13.4. The average molecular weight is 487 g/mol. The molecule has 0 spiro atoms. The number of allylic oxidation sites excluding steroid dienone is 2. The van der Waals surface area contributed by atoms with Crippen LogP contribution >= 0.6 is 0 Å². The summed E-state index contributed by atoms with van der Waals surface area (Å²) in [6.07, 6.45) is 12.3. The lowest BCUT2D eigenvalue weighted by Crippen LogP contribution is -2.66. The Hall–Kier alpha value is -0.870. The number of hydrogen-bond donors (Lipinski definition) is 2. The molecule has 4 nitrogen and oxygen atoms in total. The van der Waals surface area contributed by atoms with Gasteiger partial charge in [0.15, 0.2) is 0 Å². The minimum Gasteiger partial charge on any atom is -0.469 e. The molecule has 5 rings (SSSR count). The fourth-order valence-electron chi connectivity index (χ4n) is 10.8. The molecule has 0 amide bonds. The van der Waals surface area contributed by atoms with Crippen LogP contribution in [0.1, 0.15) is 106 Å². The van der Waals surface area contributed by atoms with Gasteiger partial charge in [-0.15, -0.1) is 0 Å². The number of carbonyl (C=O) groups is 1. The average Bonchev–Trinajstić information content (AvgIpc) is 2.81. The lowest BCUT2D eigenvalue weighted by atomic mass is 9.33. The Morgan fingerprint density at radius 3 is 2.31 bits per heavy atom. The Labute approximate surface area is 213 Å². The summed E-state index contributed by atoms with van der Waals surface area (Å²) in [5.74, 6) is 1.16. The zero-order valence-electron chi connectivity index (χ0n) is 23.4. The Morgan fingerprint density at radius 1 is 0.971 bits per heavy atom. The number of aliphatic hydroxyl groups is 2. The fourth-order valence-corrected chi connectivity index (χ4v) is 10.8. The minimum absolute atomic E-state index is 0.0175. The van der Waals surface area contributed by atoms with Crippen LogP contribution in [-0.2, 0) is 9.53 Å². The van der Waals surface area contributed by atoms with Crippen LogP contribution in [0.25, 0.3) is 0 Å². The Bertz CT molecular complexity index is 923. The van der Waals surface area contributed by atoms with Gasteiger partial charge in [0, 0.05) is 5.41 Å². The number of ether oxygens (including phenoxy) is 1. The van der Waals surface area contributed by atoms with Crippen LogP contribution < -0.4 is 0 Å². The molecule has 198 valence electrons. The van der Waals surface area contributed by atoms with Gasteiger partial charge >= 0.3 is 5.97 Å². The van der Waals surface area contributed by atoms with Crippen LogP contribution in [0.15, 0.2) is 11.6 Å². The SMILES string of the molecule is COC(=O)[C@]12CCC(C)(C)C[C@@H]1C1=CC[C@@H]3[C@@]4(C)CC[C@H](O)[C@@](C)(CO)C4CC[C@@]3(C)[C@]1(C)CC2. The lowest BCUT2D eigenvalue weighted by molar-refractivity contribution is -0.216. The number of aliphatic hydroxyl groups excluding tert-OH is 2. The molecule has 0 aromatic rings. The molecule has 35 heavy (non-hydrogen) atoms. The molecule has 9 atom stereocenters. The highest BCUT2D eigenvalue weighted by Crippen LogP contribution is 2.75. The highest BCUT2D eigenvalue weighted by Gasteiger charge is 2.69. The van der Waals surface area contributed by atoms with Crippen molar-refractivity contribution in [3.63, 3.8) is 0 Å². The van der Waals surface area contributed by atoms with E-state index in [-0.39, 0.29) is 45.6 Å². The van der Waals surface area contributed by atoms with Gasteiger partial charge in [-0.2, -0.15) is 0 Å². The van der Waals surface area contributed by atoms with Crippen molar-refractivity contribution in [2.45, 2.75) is 112 Å². The monoisotopic (exact) mass is 486 g/mol. The summed E-state index contributed by atoms with van der Waals surface area (Å²) < 4.78 is 5.48. The number of fused-ring (bicyclic) bond motifs is 7. The molecule has 0 saturated heterocycles. The third-order valence-electron chi connectivity index (χ3n) is 13.3. The van der Waals surface area contributed by atoms with Crippen LogP contribution in [0.5, 0.6) is 0 Å². The van der Waals surface area contributed by atoms with Crippen LogP contribution in [0.4, 0.5) is 0 Å². The molecule has 2 N–H and O–H groups in total. The first-order valence-electron chi connectivity index (χ1n) is 14.3. The second kappa shape index (κ2) is 7.82. The quantitative estimate of drug-likeness (QED) is 0.355. The van der Waals surface area contributed by atoms with Gasteiger partial charge < -0.3 is 14.9 Å². The molecular weight excluding hydrogens is 436 g/mol. The largest absolute Gasteiger partial charge is 0.469 e. The first-order chi connectivity index (χ1) is 16.2. The van der Waals surface area contributed by atoms with Crippen molar-refractivity contribution in [2.75, 3.05) is 13.7 Å². The molecule has 0 aromatic carbocycles. The Morgan fingerprint density at radius 2 is 1.66 bits per heavy atom. The summed E-state index contributed by atoms with van der Waals surface area (Å²) in [6, 6.07) is 0. The third kappa shape index (κ3) is 3.14. The van der Waals surface area contributed by atoms with Gasteiger partial charge in [0.1, 0.15) is 0 Å². The highest BCUT2D eigenvalue weighted by molar-refractivity contribution is 5.78. The van der Waals surface area contributed by atoms with Crippen LogP contribution in [0.3, 0.4) is 0 Å². The topological polar surface area (TPSA) is 66.8 Å². The Kier molecular flexibility index (Phi) is 5.76. The molecule has 4 saturated carbocycles. The van der Waals surface area contributed by atoms with E-state index in [1.807, 2.05) is 0 Å². The second-order valence-corrected chi connectivity index (χ2v) is 15.1. The smallest absolute Gasteiger partial charge is 0.312 e. The van der Waals surface area contributed by atoms with Gasteiger partial charge in [-0.3, -0.25) is 4.79 Å². The second-order valence-electron chi connectivity index (χ2n) is 15.1. The summed E-state index contributed by atoms with van der Waals surface area (Å²) in [7, 11) is 1.58. The molecule has 4 heteroatoms. The molecule has 0 aromatic heterocycles. The maximum atomic E-state index is 13.4. The van der Waals surface area contributed by atoms with E-state index in [2.05, 4.69) is 47.6 Å². The van der Waals surface area contributed by atoms with Crippen molar-refractivity contribution in [1.82, 2.24) is 0 Å². The van der Waals surface area contributed by atoms with Gasteiger partial charge in [0.25, 0.3) is 0 Å². The first kappa shape index (κ1) is 25.8.